The topological polar surface area (TPSA) is 29.1 Å². The molecular weight excluding hydrogens is 265 g/mol. The van der Waals surface area contributed by atoms with Crippen molar-refractivity contribution in [2.75, 3.05) is 0 Å². The highest BCUT2D eigenvalue weighted by Gasteiger charge is 2.51. The smallest absolute Gasteiger partial charge is 0.224 e. The molecule has 0 unspecified atom stereocenters. The number of nitrogens with one attached hydrogen (secondary N) is 1. The van der Waals surface area contributed by atoms with Crippen molar-refractivity contribution in [2.45, 2.75) is 50.5 Å². The Morgan fingerprint density at radius 1 is 1.10 bits per heavy atom. The van der Waals surface area contributed by atoms with E-state index in [1.54, 1.807) is 18.2 Å². The first-order chi connectivity index (χ1) is 10.1. The van der Waals surface area contributed by atoms with Crippen LogP contribution in [0.15, 0.2) is 24.3 Å². The van der Waals surface area contributed by atoms with E-state index in [1.807, 2.05) is 0 Å². The number of rotatable bonds is 3. The van der Waals surface area contributed by atoms with Crippen molar-refractivity contribution < 1.29 is 9.18 Å². The predicted molar refractivity (Wildman–Crippen MR) is 79.1 cm³/mol. The van der Waals surface area contributed by atoms with Crippen molar-refractivity contribution >= 4 is 5.91 Å². The highest BCUT2D eigenvalue weighted by molar-refractivity contribution is 5.79. The molecule has 2 nitrogen and oxygen atoms in total. The third kappa shape index (κ3) is 2.47. The summed E-state index contributed by atoms with van der Waals surface area (Å²) in [7, 11) is 0. The molecule has 4 bridgehead atoms. The Hall–Kier alpha value is -1.38. The Balaban J connectivity index is 1.46. The number of carbonyl (C=O) groups excluding carboxylic acids is 1. The van der Waals surface area contributed by atoms with Gasteiger partial charge in [0.1, 0.15) is 5.82 Å². The lowest BCUT2D eigenvalue weighted by Gasteiger charge is -2.56. The van der Waals surface area contributed by atoms with Crippen LogP contribution in [0.2, 0.25) is 0 Å². The van der Waals surface area contributed by atoms with Crippen molar-refractivity contribution in [3.63, 3.8) is 0 Å². The summed E-state index contributed by atoms with van der Waals surface area (Å²) in [5, 5.41) is 3.29. The maximum Gasteiger partial charge on any atom is 0.224 e. The van der Waals surface area contributed by atoms with E-state index in [1.165, 1.54) is 25.3 Å². The van der Waals surface area contributed by atoms with Gasteiger partial charge >= 0.3 is 0 Å². The van der Waals surface area contributed by atoms with E-state index in [-0.39, 0.29) is 23.7 Å². The minimum Gasteiger partial charge on any atom is -0.350 e. The molecule has 1 aromatic rings. The maximum atomic E-state index is 13.7. The van der Waals surface area contributed by atoms with Crippen LogP contribution in [-0.4, -0.2) is 11.4 Å². The van der Waals surface area contributed by atoms with E-state index in [0.29, 0.717) is 5.56 Å². The zero-order valence-electron chi connectivity index (χ0n) is 12.3. The quantitative estimate of drug-likeness (QED) is 0.906. The number of hydrogen-bond acceptors (Lipinski definition) is 1. The number of benzene rings is 1. The van der Waals surface area contributed by atoms with Crippen molar-refractivity contribution in [1.82, 2.24) is 5.32 Å². The molecule has 1 aromatic carbocycles. The highest BCUT2D eigenvalue weighted by Crippen LogP contribution is 2.55. The Morgan fingerprint density at radius 2 is 1.67 bits per heavy atom. The average Bonchev–Trinajstić information content (AvgIpc) is 2.39. The summed E-state index contributed by atoms with van der Waals surface area (Å²) in [5.74, 6) is 2.14. The Bertz CT molecular complexity index is 533. The van der Waals surface area contributed by atoms with Gasteiger partial charge in [0.05, 0.1) is 6.42 Å². The van der Waals surface area contributed by atoms with Crippen LogP contribution >= 0.6 is 0 Å². The molecule has 1 amide bonds. The fourth-order valence-electron chi connectivity index (χ4n) is 5.42. The van der Waals surface area contributed by atoms with Gasteiger partial charge in [-0.3, -0.25) is 4.79 Å². The zero-order chi connectivity index (χ0) is 14.4. The molecule has 0 heterocycles. The lowest BCUT2D eigenvalue weighted by atomic mass is 9.53. The molecule has 0 atom stereocenters. The molecule has 0 aromatic heterocycles. The zero-order valence-corrected chi connectivity index (χ0v) is 12.3. The second-order valence-electron chi connectivity index (χ2n) is 7.51. The van der Waals surface area contributed by atoms with Crippen LogP contribution < -0.4 is 5.32 Å². The van der Waals surface area contributed by atoms with Gasteiger partial charge in [-0.1, -0.05) is 18.2 Å². The van der Waals surface area contributed by atoms with Gasteiger partial charge in [0.2, 0.25) is 5.91 Å². The monoisotopic (exact) mass is 287 g/mol. The van der Waals surface area contributed by atoms with Crippen molar-refractivity contribution in [3.8, 4) is 0 Å². The molecule has 5 rings (SSSR count). The molecule has 0 aliphatic heterocycles. The Kier molecular flexibility index (Phi) is 3.05. The predicted octanol–water partition coefficient (Wildman–Crippen LogP) is 3.45. The third-order valence-electron chi connectivity index (χ3n) is 5.75. The summed E-state index contributed by atoms with van der Waals surface area (Å²) in [5.41, 5.74) is 0.525. The van der Waals surface area contributed by atoms with Gasteiger partial charge in [-0.2, -0.15) is 0 Å². The number of carbonyl (C=O) groups is 1. The molecule has 0 spiro atoms. The van der Waals surface area contributed by atoms with Crippen molar-refractivity contribution in [2.24, 2.45) is 17.8 Å². The summed E-state index contributed by atoms with van der Waals surface area (Å²) >= 11 is 0. The standard InChI is InChI=1S/C18H22FNO/c19-16-4-2-1-3-15(16)8-17(21)20-18-9-12-5-13(10-18)7-14(6-12)11-18/h1-4,12-14H,5-11H2,(H,20,21). The summed E-state index contributed by atoms with van der Waals surface area (Å²) in [6.45, 7) is 0. The van der Waals surface area contributed by atoms with Crippen LogP contribution in [0.3, 0.4) is 0 Å². The SMILES string of the molecule is O=C(Cc1ccccc1F)NC12CC3CC(CC(C3)C1)C2. The molecule has 3 heteroatoms. The van der Waals surface area contributed by atoms with Crippen LogP contribution in [0.5, 0.6) is 0 Å². The highest BCUT2D eigenvalue weighted by atomic mass is 19.1. The first kappa shape index (κ1) is 13.3. The number of halogens is 1. The number of hydrogen-bond donors (Lipinski definition) is 1. The van der Waals surface area contributed by atoms with E-state index in [0.717, 1.165) is 37.0 Å². The average molecular weight is 287 g/mol. The van der Waals surface area contributed by atoms with Gasteiger partial charge in [-0.15, -0.1) is 0 Å². The first-order valence-corrected chi connectivity index (χ1v) is 8.16. The minimum absolute atomic E-state index is 0.0120. The first-order valence-electron chi connectivity index (χ1n) is 8.16. The van der Waals surface area contributed by atoms with Gasteiger partial charge in [0.25, 0.3) is 0 Å². The van der Waals surface area contributed by atoms with Crippen LogP contribution in [-0.2, 0) is 11.2 Å². The van der Waals surface area contributed by atoms with E-state index < -0.39 is 0 Å². The van der Waals surface area contributed by atoms with Crippen LogP contribution in [0.25, 0.3) is 0 Å². The molecular formula is C18H22FNO. The van der Waals surface area contributed by atoms with E-state index in [4.69, 9.17) is 0 Å². The van der Waals surface area contributed by atoms with Crippen LogP contribution in [0.1, 0.15) is 44.1 Å². The fourth-order valence-corrected chi connectivity index (χ4v) is 5.42. The normalized spacial score (nSPS) is 36.7. The van der Waals surface area contributed by atoms with Crippen molar-refractivity contribution in [1.29, 1.82) is 0 Å². The summed E-state index contributed by atoms with van der Waals surface area (Å²) in [4.78, 5) is 12.4. The largest absolute Gasteiger partial charge is 0.350 e. The second-order valence-corrected chi connectivity index (χ2v) is 7.51. The van der Waals surface area contributed by atoms with E-state index in [9.17, 15) is 9.18 Å². The summed E-state index contributed by atoms with van der Waals surface area (Å²) in [6.07, 6.45) is 7.67. The number of amides is 1. The Morgan fingerprint density at radius 3 is 2.24 bits per heavy atom. The molecule has 4 fully saturated rings. The van der Waals surface area contributed by atoms with Gasteiger partial charge < -0.3 is 5.32 Å². The molecule has 112 valence electrons. The summed E-state index contributed by atoms with van der Waals surface area (Å²) < 4.78 is 13.7. The molecule has 21 heavy (non-hydrogen) atoms. The van der Waals surface area contributed by atoms with Gasteiger partial charge in [-0.25, -0.2) is 4.39 Å². The third-order valence-corrected chi connectivity index (χ3v) is 5.75. The fraction of sp³-hybridized carbons (Fsp3) is 0.611. The second kappa shape index (κ2) is 4.82. The molecule has 4 aliphatic carbocycles. The minimum atomic E-state index is -0.279. The molecule has 0 radical (unpaired) electrons. The van der Waals surface area contributed by atoms with E-state index >= 15 is 0 Å². The van der Waals surface area contributed by atoms with Crippen LogP contribution in [0.4, 0.5) is 4.39 Å². The molecule has 4 aliphatic rings. The molecule has 4 saturated carbocycles. The molecule has 0 saturated heterocycles. The maximum absolute atomic E-state index is 13.7. The van der Waals surface area contributed by atoms with Gasteiger partial charge in [0.15, 0.2) is 0 Å². The Labute approximate surface area is 125 Å². The van der Waals surface area contributed by atoms with Crippen molar-refractivity contribution in [3.05, 3.63) is 35.6 Å². The summed E-state index contributed by atoms with van der Waals surface area (Å²) in [6, 6.07) is 6.58. The molecule has 1 N–H and O–H groups in total. The van der Waals surface area contributed by atoms with Gasteiger partial charge in [0, 0.05) is 5.54 Å². The lowest BCUT2D eigenvalue weighted by molar-refractivity contribution is -0.126. The van der Waals surface area contributed by atoms with Crippen LogP contribution in [0, 0.1) is 23.6 Å². The van der Waals surface area contributed by atoms with Gasteiger partial charge in [-0.05, 0) is 67.9 Å². The van der Waals surface area contributed by atoms with E-state index in [2.05, 4.69) is 5.32 Å². The lowest BCUT2D eigenvalue weighted by Crippen LogP contribution is -2.60.